The van der Waals surface area contributed by atoms with Crippen LogP contribution in [0.4, 0.5) is 11.5 Å². The van der Waals surface area contributed by atoms with Crippen molar-refractivity contribution in [3.05, 3.63) is 45.5 Å². The van der Waals surface area contributed by atoms with Gasteiger partial charge in [-0.25, -0.2) is 9.97 Å². The molecule has 3 nitrogen and oxygen atoms in total. The van der Waals surface area contributed by atoms with Gasteiger partial charge in [-0.1, -0.05) is 29.8 Å². The Morgan fingerprint density at radius 1 is 1.10 bits per heavy atom. The minimum absolute atomic E-state index is 0.838. The molecule has 0 radical (unpaired) electrons. The van der Waals surface area contributed by atoms with Gasteiger partial charge >= 0.3 is 0 Å². The summed E-state index contributed by atoms with van der Waals surface area (Å²) in [5.74, 6) is 1.78. The highest BCUT2D eigenvalue weighted by molar-refractivity contribution is 9.10. The molecule has 0 saturated carbocycles. The van der Waals surface area contributed by atoms with Crippen molar-refractivity contribution in [1.29, 1.82) is 0 Å². The van der Waals surface area contributed by atoms with E-state index in [0.29, 0.717) is 0 Å². The van der Waals surface area contributed by atoms with Crippen molar-refractivity contribution in [2.24, 2.45) is 0 Å². The number of aromatic nitrogens is 2. The number of rotatable bonds is 4. The molecule has 3 aromatic rings. The highest BCUT2D eigenvalue weighted by Gasteiger charge is 2.11. The number of nitrogens with one attached hydrogen (secondary N) is 1. The Balaban J connectivity index is 2.06. The average molecular weight is 362 g/mol. The summed E-state index contributed by atoms with van der Waals surface area (Å²) in [6.45, 7) is 4.25. The zero-order valence-electron chi connectivity index (χ0n) is 12.0. The highest BCUT2D eigenvalue weighted by Crippen LogP contribution is 2.31. The van der Waals surface area contributed by atoms with Crippen LogP contribution in [0.2, 0.25) is 0 Å². The molecule has 1 aromatic carbocycles. The second-order valence-corrected chi connectivity index (χ2v) is 6.79. The maximum absolute atomic E-state index is 4.66. The van der Waals surface area contributed by atoms with E-state index in [9.17, 15) is 0 Å². The van der Waals surface area contributed by atoms with Gasteiger partial charge in [-0.3, -0.25) is 0 Å². The Kier molecular flexibility index (Phi) is 4.22. The van der Waals surface area contributed by atoms with Crippen LogP contribution < -0.4 is 5.32 Å². The molecule has 0 saturated heterocycles. The summed E-state index contributed by atoms with van der Waals surface area (Å²) >= 11 is 5.21. The van der Waals surface area contributed by atoms with Crippen LogP contribution >= 0.6 is 27.3 Å². The van der Waals surface area contributed by atoms with Gasteiger partial charge in [-0.15, -0.1) is 11.3 Å². The van der Waals surface area contributed by atoms with Crippen LogP contribution in [0.25, 0.3) is 10.2 Å². The number of nitrogens with zero attached hydrogens (tertiary/aromatic N) is 2. The third kappa shape index (κ3) is 3.09. The van der Waals surface area contributed by atoms with Crippen LogP contribution in [0.1, 0.15) is 24.5 Å². The molecule has 3 rings (SSSR count). The summed E-state index contributed by atoms with van der Waals surface area (Å²) in [7, 11) is 0. The molecule has 0 unspecified atom stereocenters. The molecule has 108 valence electrons. The fraction of sp³-hybridized carbons (Fsp3) is 0.250. The standard InChI is InChI=1S/C16H16BrN3S/c1-3-12-9-13-15(18-11-7-5-10(17)6-8-11)19-14(4-2)20-16(13)21-12/h5-9H,3-4H2,1-2H3,(H,18,19,20). The van der Waals surface area contributed by atoms with Crippen molar-refractivity contribution >= 4 is 49.0 Å². The van der Waals surface area contributed by atoms with E-state index in [1.807, 2.05) is 24.3 Å². The van der Waals surface area contributed by atoms with Crippen molar-refractivity contribution in [2.45, 2.75) is 26.7 Å². The monoisotopic (exact) mass is 361 g/mol. The third-order valence-electron chi connectivity index (χ3n) is 3.26. The molecule has 21 heavy (non-hydrogen) atoms. The van der Waals surface area contributed by atoms with Crippen molar-refractivity contribution < 1.29 is 0 Å². The van der Waals surface area contributed by atoms with Gasteiger partial charge in [0.2, 0.25) is 0 Å². The van der Waals surface area contributed by atoms with Crippen LogP contribution in [-0.4, -0.2) is 9.97 Å². The third-order valence-corrected chi connectivity index (χ3v) is 4.96. The first-order valence-electron chi connectivity index (χ1n) is 7.01. The van der Waals surface area contributed by atoms with Crippen molar-refractivity contribution in [2.75, 3.05) is 5.32 Å². The Bertz CT molecular complexity index is 765. The second-order valence-electron chi connectivity index (χ2n) is 4.76. The van der Waals surface area contributed by atoms with Gasteiger partial charge in [0.15, 0.2) is 0 Å². The maximum Gasteiger partial charge on any atom is 0.142 e. The number of benzene rings is 1. The highest BCUT2D eigenvalue weighted by atomic mass is 79.9. The Labute approximate surface area is 136 Å². The molecular weight excluding hydrogens is 346 g/mol. The van der Waals surface area contributed by atoms with E-state index >= 15 is 0 Å². The van der Waals surface area contributed by atoms with Crippen LogP contribution in [0, 0.1) is 0 Å². The first kappa shape index (κ1) is 14.5. The van der Waals surface area contributed by atoms with E-state index < -0.39 is 0 Å². The minimum Gasteiger partial charge on any atom is -0.340 e. The molecule has 0 spiro atoms. The molecule has 0 aliphatic heterocycles. The van der Waals surface area contributed by atoms with Crippen molar-refractivity contribution in [3.8, 4) is 0 Å². The molecule has 0 fully saturated rings. The first-order chi connectivity index (χ1) is 10.2. The predicted molar refractivity (Wildman–Crippen MR) is 93.6 cm³/mol. The van der Waals surface area contributed by atoms with Crippen molar-refractivity contribution in [3.63, 3.8) is 0 Å². The average Bonchev–Trinajstić information content (AvgIpc) is 2.92. The molecule has 0 bridgehead atoms. The summed E-state index contributed by atoms with van der Waals surface area (Å²) in [5.41, 5.74) is 1.03. The molecule has 1 N–H and O–H groups in total. The van der Waals surface area contributed by atoms with E-state index in [2.05, 4.69) is 51.1 Å². The van der Waals surface area contributed by atoms with Gasteiger partial charge in [-0.05, 0) is 36.8 Å². The Morgan fingerprint density at radius 2 is 1.86 bits per heavy atom. The smallest absolute Gasteiger partial charge is 0.142 e. The molecule has 2 aromatic heterocycles. The first-order valence-corrected chi connectivity index (χ1v) is 8.62. The van der Waals surface area contributed by atoms with E-state index in [1.165, 1.54) is 4.88 Å². The largest absolute Gasteiger partial charge is 0.340 e. The van der Waals surface area contributed by atoms with Crippen molar-refractivity contribution in [1.82, 2.24) is 9.97 Å². The molecule has 0 aliphatic rings. The summed E-state index contributed by atoms with van der Waals surface area (Å²) in [4.78, 5) is 11.7. The molecule has 0 atom stereocenters. The van der Waals surface area contributed by atoms with E-state index in [0.717, 1.165) is 44.9 Å². The molecule has 0 aliphatic carbocycles. The number of aryl methyl sites for hydroxylation is 2. The SMILES string of the molecule is CCc1nc(Nc2ccc(Br)cc2)c2cc(CC)sc2n1. The zero-order chi connectivity index (χ0) is 14.8. The molecule has 5 heteroatoms. The lowest BCUT2D eigenvalue weighted by Crippen LogP contribution is -1.99. The predicted octanol–water partition coefficient (Wildman–Crippen LogP) is 5.32. The van der Waals surface area contributed by atoms with Gasteiger partial charge in [0.25, 0.3) is 0 Å². The number of fused-ring (bicyclic) bond motifs is 1. The molecular formula is C16H16BrN3S. The van der Waals surface area contributed by atoms with Gasteiger partial charge in [0.05, 0.1) is 5.39 Å². The minimum atomic E-state index is 0.838. The summed E-state index contributed by atoms with van der Waals surface area (Å²) in [6, 6.07) is 10.3. The summed E-state index contributed by atoms with van der Waals surface area (Å²) < 4.78 is 1.07. The molecule has 0 amide bonds. The fourth-order valence-corrected chi connectivity index (χ4v) is 3.36. The second kappa shape index (κ2) is 6.12. The normalized spacial score (nSPS) is 11.0. The Morgan fingerprint density at radius 3 is 2.52 bits per heavy atom. The van der Waals surface area contributed by atoms with Gasteiger partial charge < -0.3 is 5.32 Å². The van der Waals surface area contributed by atoms with Gasteiger partial charge in [-0.2, -0.15) is 0 Å². The van der Waals surface area contributed by atoms with E-state index in [1.54, 1.807) is 11.3 Å². The van der Waals surface area contributed by atoms with E-state index in [4.69, 9.17) is 0 Å². The fourth-order valence-electron chi connectivity index (χ4n) is 2.11. The van der Waals surface area contributed by atoms with Gasteiger partial charge in [0.1, 0.15) is 16.5 Å². The summed E-state index contributed by atoms with van der Waals surface area (Å²) in [6.07, 6.45) is 1.87. The summed E-state index contributed by atoms with van der Waals surface area (Å²) in [5, 5.41) is 4.53. The lowest BCUT2D eigenvalue weighted by Gasteiger charge is -2.08. The lowest BCUT2D eigenvalue weighted by molar-refractivity contribution is 0.967. The lowest BCUT2D eigenvalue weighted by atomic mass is 10.2. The van der Waals surface area contributed by atoms with Crippen LogP contribution in [0.5, 0.6) is 0 Å². The van der Waals surface area contributed by atoms with Crippen LogP contribution in [0.15, 0.2) is 34.8 Å². The van der Waals surface area contributed by atoms with E-state index in [-0.39, 0.29) is 0 Å². The maximum atomic E-state index is 4.66. The topological polar surface area (TPSA) is 37.8 Å². The number of anilines is 2. The van der Waals surface area contributed by atoms with Gasteiger partial charge in [0, 0.05) is 21.5 Å². The number of hydrogen-bond donors (Lipinski definition) is 1. The quantitative estimate of drug-likeness (QED) is 0.682. The Hall–Kier alpha value is -1.46. The number of thiophene rings is 1. The van der Waals surface area contributed by atoms with Crippen LogP contribution in [-0.2, 0) is 12.8 Å². The number of halogens is 1. The zero-order valence-corrected chi connectivity index (χ0v) is 14.4. The molecule has 2 heterocycles. The van der Waals surface area contributed by atoms with Crippen LogP contribution in [0.3, 0.4) is 0 Å². The number of hydrogen-bond acceptors (Lipinski definition) is 4.